The van der Waals surface area contributed by atoms with Gasteiger partial charge in [-0.1, -0.05) is 25.1 Å². The van der Waals surface area contributed by atoms with Crippen molar-refractivity contribution in [2.75, 3.05) is 11.4 Å². The van der Waals surface area contributed by atoms with E-state index < -0.39 is 0 Å². The molecule has 0 saturated carbocycles. The molecule has 4 nitrogen and oxygen atoms in total. The van der Waals surface area contributed by atoms with Crippen molar-refractivity contribution < 1.29 is 9.59 Å². The van der Waals surface area contributed by atoms with E-state index in [-0.39, 0.29) is 28.7 Å². The predicted molar refractivity (Wildman–Crippen MR) is 73.4 cm³/mol. The monoisotopic (exact) mass is 264 g/mol. The second kappa shape index (κ2) is 5.54. The van der Waals surface area contributed by atoms with Crippen LogP contribution in [0.15, 0.2) is 30.3 Å². The van der Waals surface area contributed by atoms with E-state index in [0.717, 1.165) is 0 Å². The van der Waals surface area contributed by atoms with Crippen molar-refractivity contribution in [3.8, 4) is 0 Å². The van der Waals surface area contributed by atoms with Crippen LogP contribution in [-0.2, 0) is 9.59 Å². The molecule has 1 saturated heterocycles. The van der Waals surface area contributed by atoms with Crippen LogP contribution in [0.2, 0.25) is 0 Å². The minimum absolute atomic E-state index is 0.128. The van der Waals surface area contributed by atoms with E-state index in [4.69, 9.17) is 5.73 Å². The number of thioether (sulfide) groups is 1. The molecule has 1 aliphatic heterocycles. The summed E-state index contributed by atoms with van der Waals surface area (Å²) in [5, 5.41) is -0.112. The van der Waals surface area contributed by atoms with E-state index in [1.54, 1.807) is 12.1 Å². The maximum absolute atomic E-state index is 12.2. The van der Waals surface area contributed by atoms with Crippen LogP contribution < -0.4 is 10.6 Å². The third-order valence-corrected chi connectivity index (χ3v) is 4.20. The van der Waals surface area contributed by atoms with Gasteiger partial charge in [0.2, 0.25) is 11.8 Å². The molecule has 0 aromatic heterocycles. The first kappa shape index (κ1) is 13.1. The molecule has 2 atom stereocenters. The molecule has 2 rings (SSSR count). The summed E-state index contributed by atoms with van der Waals surface area (Å²) >= 11 is 1.48. The van der Waals surface area contributed by atoms with Crippen molar-refractivity contribution in [2.45, 2.75) is 23.8 Å². The lowest BCUT2D eigenvalue weighted by atomic mass is 10.3. The number of carbonyl (C=O) groups is 2. The number of nitrogens with zero attached hydrogens (tertiary/aromatic N) is 1. The molecule has 5 heteroatoms. The Hall–Kier alpha value is -1.33. The number of nitrogens with two attached hydrogens (primary N) is 1. The topological polar surface area (TPSA) is 63.4 Å². The van der Waals surface area contributed by atoms with Gasteiger partial charge in [0.15, 0.2) is 0 Å². The lowest BCUT2D eigenvalue weighted by molar-refractivity contribution is -0.121. The zero-order valence-electron chi connectivity index (χ0n) is 10.2. The van der Waals surface area contributed by atoms with Crippen molar-refractivity contribution in [2.24, 2.45) is 5.73 Å². The first-order valence-corrected chi connectivity index (χ1v) is 6.85. The fourth-order valence-corrected chi connectivity index (χ4v) is 3.03. The Morgan fingerprint density at radius 1 is 1.39 bits per heavy atom. The molecule has 2 amide bonds. The molecule has 0 radical (unpaired) electrons. The van der Waals surface area contributed by atoms with Gasteiger partial charge in [-0.05, 0) is 12.1 Å². The zero-order valence-corrected chi connectivity index (χ0v) is 11.0. The Morgan fingerprint density at radius 2 is 2.06 bits per heavy atom. The van der Waals surface area contributed by atoms with E-state index in [2.05, 4.69) is 0 Å². The fourth-order valence-electron chi connectivity index (χ4n) is 1.89. The number of hydrogen-bond acceptors (Lipinski definition) is 4. The molecule has 2 N–H and O–H groups in total. The maximum Gasteiger partial charge on any atom is 0.247 e. The van der Waals surface area contributed by atoms with Crippen LogP contribution >= 0.6 is 11.8 Å². The SMILES string of the molecule is CC(CN)SC1CC(=O)N(c2ccccc2)C1=O. The zero-order chi connectivity index (χ0) is 13.1. The molecule has 1 heterocycles. The normalized spacial score (nSPS) is 21.4. The summed E-state index contributed by atoms with van der Waals surface area (Å²) in [6.45, 7) is 2.47. The third-order valence-electron chi connectivity index (χ3n) is 2.85. The smallest absolute Gasteiger partial charge is 0.247 e. The van der Waals surface area contributed by atoms with Crippen LogP contribution in [0, 0.1) is 0 Å². The van der Waals surface area contributed by atoms with Gasteiger partial charge in [0.05, 0.1) is 10.9 Å². The summed E-state index contributed by atoms with van der Waals surface area (Å²) in [4.78, 5) is 25.4. The highest BCUT2D eigenvalue weighted by atomic mass is 32.2. The van der Waals surface area contributed by atoms with Crippen LogP contribution in [0.1, 0.15) is 13.3 Å². The Bertz CT molecular complexity index is 450. The van der Waals surface area contributed by atoms with Gasteiger partial charge in [0.25, 0.3) is 0 Å². The molecule has 1 aliphatic rings. The molecule has 0 aliphatic carbocycles. The van der Waals surface area contributed by atoms with E-state index in [1.165, 1.54) is 16.7 Å². The van der Waals surface area contributed by atoms with Crippen LogP contribution in [0.4, 0.5) is 5.69 Å². The minimum atomic E-state index is -0.295. The van der Waals surface area contributed by atoms with E-state index in [1.807, 2.05) is 25.1 Å². The van der Waals surface area contributed by atoms with Crippen LogP contribution in [0.5, 0.6) is 0 Å². The van der Waals surface area contributed by atoms with Crippen molar-refractivity contribution in [1.29, 1.82) is 0 Å². The summed E-state index contributed by atoms with van der Waals surface area (Å²) in [5.74, 6) is -0.260. The summed E-state index contributed by atoms with van der Waals surface area (Å²) in [7, 11) is 0. The van der Waals surface area contributed by atoms with Crippen LogP contribution in [0.25, 0.3) is 0 Å². The first-order valence-electron chi connectivity index (χ1n) is 5.91. The maximum atomic E-state index is 12.2. The largest absolute Gasteiger partial charge is 0.329 e. The minimum Gasteiger partial charge on any atom is -0.329 e. The highest BCUT2D eigenvalue weighted by molar-refractivity contribution is 8.01. The standard InChI is InChI=1S/C13H16N2O2S/c1-9(8-14)18-11-7-12(16)15(13(11)17)10-5-3-2-4-6-10/h2-6,9,11H,7-8,14H2,1H3. The Kier molecular flexibility index (Phi) is 4.04. The second-order valence-corrected chi connectivity index (χ2v) is 5.92. The molecule has 1 fully saturated rings. The summed E-state index contributed by atoms with van der Waals surface area (Å²) in [6.07, 6.45) is 0.267. The highest BCUT2D eigenvalue weighted by Crippen LogP contribution is 2.31. The molecule has 2 unspecified atom stereocenters. The number of anilines is 1. The van der Waals surface area contributed by atoms with Gasteiger partial charge >= 0.3 is 0 Å². The lowest BCUT2D eigenvalue weighted by Crippen LogP contribution is -2.31. The van der Waals surface area contributed by atoms with Crippen molar-refractivity contribution in [3.63, 3.8) is 0 Å². The fraction of sp³-hybridized carbons (Fsp3) is 0.385. The van der Waals surface area contributed by atoms with E-state index in [9.17, 15) is 9.59 Å². The van der Waals surface area contributed by atoms with Gasteiger partial charge in [-0.3, -0.25) is 9.59 Å². The molecule has 0 spiro atoms. The number of imide groups is 1. The Morgan fingerprint density at radius 3 is 2.67 bits per heavy atom. The van der Waals surface area contributed by atoms with Gasteiger partial charge < -0.3 is 5.73 Å². The summed E-state index contributed by atoms with van der Waals surface area (Å²) in [5.41, 5.74) is 6.19. The third kappa shape index (κ3) is 2.57. The Balaban J connectivity index is 2.15. The van der Waals surface area contributed by atoms with Gasteiger partial charge in [-0.25, -0.2) is 4.90 Å². The summed E-state index contributed by atoms with van der Waals surface area (Å²) in [6, 6.07) is 9.04. The first-order chi connectivity index (χ1) is 8.63. The van der Waals surface area contributed by atoms with Crippen molar-refractivity contribution >= 4 is 29.3 Å². The quantitative estimate of drug-likeness (QED) is 0.835. The van der Waals surface area contributed by atoms with Gasteiger partial charge in [0, 0.05) is 18.2 Å². The molecule has 0 bridgehead atoms. The number of hydrogen-bond donors (Lipinski definition) is 1. The number of amides is 2. The molecule has 96 valence electrons. The van der Waals surface area contributed by atoms with Gasteiger partial charge in [0.1, 0.15) is 0 Å². The van der Waals surface area contributed by atoms with Crippen molar-refractivity contribution in [3.05, 3.63) is 30.3 Å². The number of carbonyl (C=O) groups excluding carboxylic acids is 2. The van der Waals surface area contributed by atoms with Gasteiger partial charge in [-0.15, -0.1) is 11.8 Å². The molecule has 1 aromatic carbocycles. The summed E-state index contributed by atoms with van der Waals surface area (Å²) < 4.78 is 0. The molecular formula is C13H16N2O2S. The number of rotatable bonds is 4. The predicted octanol–water partition coefficient (Wildman–Crippen LogP) is 1.40. The second-order valence-electron chi connectivity index (χ2n) is 4.28. The molecule has 18 heavy (non-hydrogen) atoms. The lowest BCUT2D eigenvalue weighted by Gasteiger charge is -2.16. The number of benzene rings is 1. The molecular weight excluding hydrogens is 248 g/mol. The van der Waals surface area contributed by atoms with E-state index >= 15 is 0 Å². The Labute approximate surface area is 111 Å². The van der Waals surface area contributed by atoms with Crippen molar-refractivity contribution in [1.82, 2.24) is 0 Å². The molecule has 1 aromatic rings. The van der Waals surface area contributed by atoms with Gasteiger partial charge in [-0.2, -0.15) is 0 Å². The van der Waals surface area contributed by atoms with Crippen LogP contribution in [0.3, 0.4) is 0 Å². The average molecular weight is 264 g/mol. The van der Waals surface area contributed by atoms with Crippen LogP contribution in [-0.4, -0.2) is 28.9 Å². The van der Waals surface area contributed by atoms with E-state index in [0.29, 0.717) is 12.2 Å². The average Bonchev–Trinajstić information content (AvgIpc) is 2.65. The highest BCUT2D eigenvalue weighted by Gasteiger charge is 2.40. The number of para-hydroxylation sites is 1.